The van der Waals surface area contributed by atoms with Crippen LogP contribution in [0.4, 0.5) is 0 Å². The van der Waals surface area contributed by atoms with E-state index >= 15 is 0 Å². The lowest BCUT2D eigenvalue weighted by Gasteiger charge is -2.11. The van der Waals surface area contributed by atoms with Crippen molar-refractivity contribution in [2.24, 2.45) is 0 Å². The number of ether oxygens (including phenoxy) is 1. The number of hydrogen-bond acceptors (Lipinski definition) is 3. The van der Waals surface area contributed by atoms with Crippen LogP contribution in [0.15, 0.2) is 24.3 Å². The summed E-state index contributed by atoms with van der Waals surface area (Å²) >= 11 is 0. The van der Waals surface area contributed by atoms with Crippen LogP contribution in [0.25, 0.3) is 0 Å². The molecule has 17 heavy (non-hydrogen) atoms. The Kier molecular flexibility index (Phi) is 5.49. The highest BCUT2D eigenvalue weighted by molar-refractivity contribution is 5.94. The van der Waals surface area contributed by atoms with Crippen LogP contribution in [0.1, 0.15) is 24.2 Å². The number of likely N-dealkylation sites (N-methyl/N-ethyl adjacent to an activating group) is 1. The summed E-state index contributed by atoms with van der Waals surface area (Å²) in [6.07, 6.45) is 0. The van der Waals surface area contributed by atoms with Gasteiger partial charge in [0.05, 0.1) is 6.61 Å². The van der Waals surface area contributed by atoms with Gasteiger partial charge in [0.1, 0.15) is 5.75 Å². The highest BCUT2D eigenvalue weighted by Crippen LogP contribution is 2.12. The summed E-state index contributed by atoms with van der Waals surface area (Å²) < 4.78 is 5.35. The third-order valence-electron chi connectivity index (χ3n) is 2.47. The molecule has 0 fully saturated rings. The van der Waals surface area contributed by atoms with Gasteiger partial charge >= 0.3 is 0 Å². The number of benzene rings is 1. The summed E-state index contributed by atoms with van der Waals surface area (Å²) in [6.45, 7) is 5.13. The lowest BCUT2D eigenvalue weighted by atomic mass is 10.2. The molecule has 0 bridgehead atoms. The Hall–Kier alpha value is -1.55. The van der Waals surface area contributed by atoms with Crippen LogP contribution in [0.2, 0.25) is 0 Å². The normalized spacial score (nSPS) is 11.9. The first-order valence-electron chi connectivity index (χ1n) is 5.85. The second-order valence-electron chi connectivity index (χ2n) is 3.86. The summed E-state index contributed by atoms with van der Waals surface area (Å²) in [5, 5.41) is 5.93. The molecule has 1 atom stereocenters. The van der Waals surface area contributed by atoms with Gasteiger partial charge < -0.3 is 15.4 Å². The van der Waals surface area contributed by atoms with Gasteiger partial charge in [-0.05, 0) is 39.1 Å². The van der Waals surface area contributed by atoms with Crippen LogP contribution in [-0.2, 0) is 0 Å². The van der Waals surface area contributed by atoms with Crippen LogP contribution < -0.4 is 15.4 Å². The van der Waals surface area contributed by atoms with Crippen molar-refractivity contribution in [3.05, 3.63) is 29.8 Å². The number of carbonyl (C=O) groups is 1. The Bertz CT molecular complexity index is 366. The first kappa shape index (κ1) is 13.5. The van der Waals surface area contributed by atoms with Gasteiger partial charge in [-0.2, -0.15) is 0 Å². The molecule has 0 aliphatic heterocycles. The molecule has 0 heterocycles. The molecule has 2 N–H and O–H groups in total. The zero-order chi connectivity index (χ0) is 12.7. The van der Waals surface area contributed by atoms with E-state index in [1.807, 2.05) is 33.0 Å². The minimum Gasteiger partial charge on any atom is -0.494 e. The van der Waals surface area contributed by atoms with Gasteiger partial charge in [0.2, 0.25) is 0 Å². The van der Waals surface area contributed by atoms with Crippen LogP contribution >= 0.6 is 0 Å². The predicted octanol–water partition coefficient (Wildman–Crippen LogP) is 1.42. The maximum atomic E-state index is 11.8. The van der Waals surface area contributed by atoms with Gasteiger partial charge in [0.25, 0.3) is 5.91 Å². The molecule has 0 aromatic heterocycles. The molecule has 4 nitrogen and oxygen atoms in total. The molecule has 4 heteroatoms. The molecule has 94 valence electrons. The molecule has 0 saturated carbocycles. The summed E-state index contributed by atoms with van der Waals surface area (Å²) in [5.41, 5.74) is 0.624. The van der Waals surface area contributed by atoms with E-state index in [2.05, 4.69) is 10.6 Å². The fourth-order valence-electron chi connectivity index (χ4n) is 1.34. The minimum atomic E-state index is -0.0753. The van der Waals surface area contributed by atoms with Crippen molar-refractivity contribution in [3.63, 3.8) is 0 Å². The average molecular weight is 236 g/mol. The topological polar surface area (TPSA) is 50.4 Å². The van der Waals surface area contributed by atoms with E-state index < -0.39 is 0 Å². The Morgan fingerprint density at radius 3 is 2.88 bits per heavy atom. The second-order valence-corrected chi connectivity index (χ2v) is 3.86. The molecule has 1 unspecified atom stereocenters. The molecule has 1 aromatic rings. The van der Waals surface area contributed by atoms with E-state index in [4.69, 9.17) is 4.74 Å². The molecule has 1 rings (SSSR count). The molecular formula is C13H20N2O2. The van der Waals surface area contributed by atoms with Gasteiger partial charge in [0, 0.05) is 18.2 Å². The van der Waals surface area contributed by atoms with Gasteiger partial charge in [-0.25, -0.2) is 0 Å². The van der Waals surface area contributed by atoms with Gasteiger partial charge in [-0.15, -0.1) is 0 Å². The molecule has 1 aromatic carbocycles. The van der Waals surface area contributed by atoms with Gasteiger partial charge in [-0.1, -0.05) is 6.07 Å². The molecule has 0 saturated heterocycles. The lowest BCUT2D eigenvalue weighted by molar-refractivity contribution is 0.0950. The minimum absolute atomic E-state index is 0.0753. The highest BCUT2D eigenvalue weighted by Gasteiger charge is 2.07. The fourth-order valence-corrected chi connectivity index (χ4v) is 1.34. The van der Waals surface area contributed by atoms with E-state index in [1.165, 1.54) is 0 Å². The summed E-state index contributed by atoms with van der Waals surface area (Å²) in [4.78, 5) is 11.8. The number of amides is 1. The number of carbonyl (C=O) groups excluding carboxylic acids is 1. The Balaban J connectivity index is 2.59. The van der Waals surface area contributed by atoms with Crippen LogP contribution in [0.5, 0.6) is 5.75 Å². The maximum absolute atomic E-state index is 11.8. The van der Waals surface area contributed by atoms with E-state index in [-0.39, 0.29) is 11.9 Å². The number of rotatable bonds is 6. The van der Waals surface area contributed by atoms with Crippen molar-refractivity contribution in [1.82, 2.24) is 10.6 Å². The zero-order valence-corrected chi connectivity index (χ0v) is 10.6. The first-order chi connectivity index (χ1) is 8.17. The lowest BCUT2D eigenvalue weighted by Crippen LogP contribution is -2.37. The second kappa shape index (κ2) is 6.91. The molecule has 0 aliphatic rings. The largest absolute Gasteiger partial charge is 0.494 e. The number of hydrogen-bond donors (Lipinski definition) is 2. The first-order valence-corrected chi connectivity index (χ1v) is 5.85. The Labute approximate surface area is 102 Å². The quantitative estimate of drug-likeness (QED) is 0.785. The van der Waals surface area contributed by atoms with Crippen molar-refractivity contribution >= 4 is 5.91 Å². The van der Waals surface area contributed by atoms with Crippen molar-refractivity contribution in [3.8, 4) is 5.75 Å². The summed E-state index contributed by atoms with van der Waals surface area (Å²) in [5.74, 6) is 0.649. The van der Waals surface area contributed by atoms with E-state index in [1.54, 1.807) is 12.1 Å². The van der Waals surface area contributed by atoms with E-state index in [9.17, 15) is 4.79 Å². The molecule has 0 aliphatic carbocycles. The highest BCUT2D eigenvalue weighted by atomic mass is 16.5. The van der Waals surface area contributed by atoms with Crippen molar-refractivity contribution in [1.29, 1.82) is 0 Å². The molecule has 0 radical (unpaired) electrons. The van der Waals surface area contributed by atoms with Gasteiger partial charge in [0.15, 0.2) is 0 Å². The smallest absolute Gasteiger partial charge is 0.251 e. The average Bonchev–Trinajstić information content (AvgIpc) is 2.36. The predicted molar refractivity (Wildman–Crippen MR) is 68.5 cm³/mol. The monoisotopic (exact) mass is 236 g/mol. The third kappa shape index (κ3) is 4.44. The summed E-state index contributed by atoms with van der Waals surface area (Å²) in [6, 6.07) is 7.46. The molecule has 0 spiro atoms. The van der Waals surface area contributed by atoms with Crippen LogP contribution in [0, 0.1) is 0 Å². The molecular weight excluding hydrogens is 216 g/mol. The standard InChI is InChI=1S/C13H20N2O2/c1-4-17-12-7-5-6-11(8-12)13(16)15-9-10(2)14-3/h5-8,10,14H,4,9H2,1-3H3,(H,15,16). The maximum Gasteiger partial charge on any atom is 0.251 e. The number of nitrogens with one attached hydrogen (secondary N) is 2. The zero-order valence-electron chi connectivity index (χ0n) is 10.6. The van der Waals surface area contributed by atoms with Crippen LogP contribution in [-0.4, -0.2) is 32.1 Å². The molecule has 1 amide bonds. The third-order valence-corrected chi connectivity index (χ3v) is 2.47. The Morgan fingerprint density at radius 2 is 2.24 bits per heavy atom. The SMILES string of the molecule is CCOc1cccc(C(=O)NCC(C)NC)c1. The van der Waals surface area contributed by atoms with Crippen molar-refractivity contribution in [2.45, 2.75) is 19.9 Å². The van der Waals surface area contributed by atoms with Crippen molar-refractivity contribution in [2.75, 3.05) is 20.2 Å². The Morgan fingerprint density at radius 1 is 1.47 bits per heavy atom. The van der Waals surface area contributed by atoms with Crippen molar-refractivity contribution < 1.29 is 9.53 Å². The fraction of sp³-hybridized carbons (Fsp3) is 0.462. The van der Waals surface area contributed by atoms with E-state index in [0.29, 0.717) is 18.7 Å². The van der Waals surface area contributed by atoms with E-state index in [0.717, 1.165) is 5.75 Å². The van der Waals surface area contributed by atoms with Crippen LogP contribution in [0.3, 0.4) is 0 Å². The van der Waals surface area contributed by atoms with Gasteiger partial charge in [-0.3, -0.25) is 4.79 Å². The summed E-state index contributed by atoms with van der Waals surface area (Å²) in [7, 11) is 1.87.